The van der Waals surface area contributed by atoms with Crippen LogP contribution in [0.5, 0.6) is 0 Å². The molecule has 12 heavy (non-hydrogen) atoms. The fourth-order valence-corrected chi connectivity index (χ4v) is 2.16. The van der Waals surface area contributed by atoms with Crippen molar-refractivity contribution >= 4 is 27.5 Å². The number of nitrogens with zero attached hydrogens (tertiary/aromatic N) is 1. The summed E-state index contributed by atoms with van der Waals surface area (Å²) in [7, 11) is 0. The molecule has 0 bridgehead atoms. The third-order valence-corrected chi connectivity index (χ3v) is 3.48. The van der Waals surface area contributed by atoms with Gasteiger partial charge in [0.05, 0.1) is 4.47 Å². The number of rotatable bonds is 0. The van der Waals surface area contributed by atoms with Crippen molar-refractivity contribution in [2.45, 2.75) is 25.7 Å². The van der Waals surface area contributed by atoms with Crippen LogP contribution in [0.25, 0.3) is 0 Å². The molecular formula is C9H9BrClN. The Bertz CT molecular complexity index is 325. The highest BCUT2D eigenvalue weighted by Gasteiger charge is 2.21. The molecule has 0 aliphatic heterocycles. The molecule has 0 N–H and O–H groups in total. The Kier molecular flexibility index (Phi) is 2.13. The van der Waals surface area contributed by atoms with Crippen LogP contribution in [0.15, 0.2) is 10.5 Å². The average molecular weight is 247 g/mol. The number of aromatic nitrogens is 1. The molecule has 1 heterocycles. The Hall–Kier alpha value is -0.0800. The van der Waals surface area contributed by atoms with Gasteiger partial charge in [-0.1, -0.05) is 18.5 Å². The third-order valence-electron chi connectivity index (χ3n) is 2.36. The van der Waals surface area contributed by atoms with Crippen molar-refractivity contribution in [3.05, 3.63) is 26.9 Å². The van der Waals surface area contributed by atoms with Gasteiger partial charge in [-0.05, 0) is 46.3 Å². The summed E-state index contributed by atoms with van der Waals surface area (Å²) in [5, 5.41) is 0.586. The van der Waals surface area contributed by atoms with Crippen LogP contribution in [-0.2, 0) is 6.42 Å². The molecule has 2 rings (SSSR count). The average Bonchev–Trinajstić information content (AvgIpc) is 2.35. The van der Waals surface area contributed by atoms with Gasteiger partial charge in [-0.3, -0.25) is 0 Å². The van der Waals surface area contributed by atoms with Crippen LogP contribution in [0, 0.1) is 0 Å². The van der Waals surface area contributed by atoms with Crippen molar-refractivity contribution in [1.29, 1.82) is 0 Å². The molecule has 1 atom stereocenters. The fraction of sp³-hybridized carbons (Fsp3) is 0.444. The lowest BCUT2D eigenvalue weighted by atomic mass is 10.1. The van der Waals surface area contributed by atoms with E-state index in [9.17, 15) is 0 Å². The van der Waals surface area contributed by atoms with Gasteiger partial charge in [0.15, 0.2) is 0 Å². The fourth-order valence-electron chi connectivity index (χ4n) is 1.65. The van der Waals surface area contributed by atoms with Crippen molar-refractivity contribution in [3.8, 4) is 0 Å². The van der Waals surface area contributed by atoms with Gasteiger partial charge in [-0.15, -0.1) is 0 Å². The van der Waals surface area contributed by atoms with E-state index in [4.69, 9.17) is 11.6 Å². The van der Waals surface area contributed by atoms with E-state index in [1.807, 2.05) is 0 Å². The van der Waals surface area contributed by atoms with Crippen molar-refractivity contribution in [1.82, 2.24) is 4.98 Å². The monoisotopic (exact) mass is 245 g/mol. The van der Waals surface area contributed by atoms with Crippen molar-refractivity contribution in [2.24, 2.45) is 0 Å². The molecule has 64 valence electrons. The molecule has 0 radical (unpaired) electrons. The van der Waals surface area contributed by atoms with Crippen LogP contribution in [0.3, 0.4) is 0 Å². The van der Waals surface area contributed by atoms with Crippen LogP contribution in [0.1, 0.15) is 30.5 Å². The standard InChI is InChI=1S/C9H9BrClN/c1-5-2-3-6-4-7(10)9(11)12-8(5)6/h4-5H,2-3H2,1H3. The maximum Gasteiger partial charge on any atom is 0.143 e. The van der Waals surface area contributed by atoms with Crippen LogP contribution in [-0.4, -0.2) is 4.98 Å². The Morgan fingerprint density at radius 3 is 3.17 bits per heavy atom. The van der Waals surface area contributed by atoms with Crippen molar-refractivity contribution in [2.75, 3.05) is 0 Å². The largest absolute Gasteiger partial charge is 0.239 e. The van der Waals surface area contributed by atoms with E-state index in [-0.39, 0.29) is 0 Å². The molecule has 0 saturated carbocycles. The Morgan fingerprint density at radius 2 is 2.42 bits per heavy atom. The summed E-state index contributed by atoms with van der Waals surface area (Å²) in [6, 6.07) is 2.09. The van der Waals surface area contributed by atoms with E-state index < -0.39 is 0 Å². The molecule has 1 aliphatic carbocycles. The summed E-state index contributed by atoms with van der Waals surface area (Å²) in [4.78, 5) is 4.35. The maximum absolute atomic E-state index is 5.90. The molecule has 0 spiro atoms. The number of pyridine rings is 1. The van der Waals surface area contributed by atoms with Gasteiger partial charge in [0.2, 0.25) is 0 Å². The molecule has 0 fully saturated rings. The third kappa shape index (κ3) is 1.27. The second-order valence-corrected chi connectivity index (χ2v) is 4.46. The highest BCUT2D eigenvalue weighted by molar-refractivity contribution is 9.10. The molecule has 3 heteroatoms. The lowest BCUT2D eigenvalue weighted by molar-refractivity contribution is 0.731. The maximum atomic E-state index is 5.90. The molecule has 0 aromatic carbocycles. The van der Waals surface area contributed by atoms with Gasteiger partial charge in [-0.2, -0.15) is 0 Å². The highest BCUT2D eigenvalue weighted by Crippen LogP contribution is 2.34. The van der Waals surface area contributed by atoms with E-state index in [1.54, 1.807) is 0 Å². The van der Waals surface area contributed by atoms with Crippen LogP contribution in [0.2, 0.25) is 5.15 Å². The van der Waals surface area contributed by atoms with Crippen LogP contribution in [0.4, 0.5) is 0 Å². The number of halogens is 2. The minimum atomic E-state index is 0.575. The first-order chi connectivity index (χ1) is 5.68. The smallest absolute Gasteiger partial charge is 0.143 e. The topological polar surface area (TPSA) is 12.9 Å². The second kappa shape index (κ2) is 3.00. The zero-order chi connectivity index (χ0) is 8.72. The number of fused-ring (bicyclic) bond motifs is 1. The molecule has 1 nitrogen and oxygen atoms in total. The predicted molar refractivity (Wildman–Crippen MR) is 53.7 cm³/mol. The summed E-state index contributed by atoms with van der Waals surface area (Å²) in [5.41, 5.74) is 2.53. The summed E-state index contributed by atoms with van der Waals surface area (Å²) >= 11 is 9.27. The first-order valence-electron chi connectivity index (χ1n) is 4.03. The van der Waals surface area contributed by atoms with Gasteiger partial charge in [0.1, 0.15) is 5.15 Å². The van der Waals surface area contributed by atoms with E-state index in [0.717, 1.165) is 10.9 Å². The van der Waals surface area contributed by atoms with Gasteiger partial charge in [0.25, 0.3) is 0 Å². The highest BCUT2D eigenvalue weighted by atomic mass is 79.9. The van der Waals surface area contributed by atoms with Gasteiger partial charge in [-0.25, -0.2) is 4.98 Å². The normalized spacial score (nSPS) is 21.1. The Balaban J connectivity index is 2.56. The zero-order valence-corrected chi connectivity index (χ0v) is 9.11. The molecule has 1 unspecified atom stereocenters. The number of hydrogen-bond acceptors (Lipinski definition) is 1. The molecule has 1 aliphatic rings. The van der Waals surface area contributed by atoms with Gasteiger partial charge >= 0.3 is 0 Å². The summed E-state index contributed by atoms with van der Waals surface area (Å²) < 4.78 is 0.914. The lowest BCUT2D eigenvalue weighted by Gasteiger charge is -2.04. The number of hydrogen-bond donors (Lipinski definition) is 0. The quantitative estimate of drug-likeness (QED) is 0.638. The van der Waals surface area contributed by atoms with Crippen LogP contribution < -0.4 is 0 Å². The van der Waals surface area contributed by atoms with E-state index >= 15 is 0 Å². The molecular weight excluding hydrogens is 237 g/mol. The molecule has 1 aromatic heterocycles. The minimum Gasteiger partial charge on any atom is -0.239 e. The van der Waals surface area contributed by atoms with Crippen molar-refractivity contribution < 1.29 is 0 Å². The SMILES string of the molecule is CC1CCc2cc(Br)c(Cl)nc21. The molecule has 0 amide bonds. The van der Waals surface area contributed by atoms with Crippen LogP contribution >= 0.6 is 27.5 Å². The minimum absolute atomic E-state index is 0.575. The number of aryl methyl sites for hydroxylation is 1. The summed E-state index contributed by atoms with van der Waals surface area (Å²) in [6.45, 7) is 2.20. The molecule has 1 aromatic rings. The first kappa shape index (κ1) is 8.52. The van der Waals surface area contributed by atoms with E-state index in [1.165, 1.54) is 17.7 Å². The van der Waals surface area contributed by atoms with Crippen molar-refractivity contribution in [3.63, 3.8) is 0 Å². The lowest BCUT2D eigenvalue weighted by Crippen LogP contribution is -1.92. The molecule has 0 saturated heterocycles. The van der Waals surface area contributed by atoms with Gasteiger partial charge in [0, 0.05) is 5.69 Å². The Labute approximate surface area is 85.3 Å². The zero-order valence-electron chi connectivity index (χ0n) is 6.77. The summed E-state index contributed by atoms with van der Waals surface area (Å²) in [5.74, 6) is 0.575. The van der Waals surface area contributed by atoms with E-state index in [2.05, 4.69) is 33.9 Å². The second-order valence-electron chi connectivity index (χ2n) is 3.25. The van der Waals surface area contributed by atoms with E-state index in [0.29, 0.717) is 11.1 Å². The predicted octanol–water partition coefficient (Wildman–Crippen LogP) is 3.55. The summed E-state index contributed by atoms with van der Waals surface area (Å²) in [6.07, 6.45) is 2.34. The Morgan fingerprint density at radius 1 is 1.67 bits per heavy atom. The van der Waals surface area contributed by atoms with Gasteiger partial charge < -0.3 is 0 Å². The first-order valence-corrected chi connectivity index (χ1v) is 5.20.